The summed E-state index contributed by atoms with van der Waals surface area (Å²) in [5.74, 6) is -5.27. The molecule has 1 aromatic carbocycles. The second kappa shape index (κ2) is 4.83. The average Bonchev–Trinajstić information content (AvgIpc) is 2.22. The van der Waals surface area contributed by atoms with Gasteiger partial charge in [-0.25, -0.2) is 8.78 Å². The molecule has 0 heterocycles. The van der Waals surface area contributed by atoms with Gasteiger partial charge in [-0.3, -0.25) is 9.59 Å². The normalized spacial score (nSPS) is 12.2. The fourth-order valence-corrected chi connectivity index (χ4v) is 1.35. The summed E-state index contributed by atoms with van der Waals surface area (Å²) < 4.78 is 26.0. The zero-order valence-corrected chi connectivity index (χ0v) is 8.54. The van der Waals surface area contributed by atoms with Gasteiger partial charge >= 0.3 is 5.97 Å². The molecule has 0 aromatic heterocycles. The molecule has 86 valence electrons. The van der Waals surface area contributed by atoms with Crippen LogP contribution in [-0.2, 0) is 4.79 Å². The molecule has 0 saturated heterocycles. The van der Waals surface area contributed by atoms with E-state index in [9.17, 15) is 18.4 Å². The molecule has 1 atom stereocenters. The van der Waals surface area contributed by atoms with Crippen LogP contribution in [0.2, 0.25) is 0 Å². The van der Waals surface area contributed by atoms with Crippen molar-refractivity contribution in [3.63, 3.8) is 0 Å². The Hall–Kier alpha value is -1.78. The van der Waals surface area contributed by atoms with Crippen molar-refractivity contribution >= 4 is 11.8 Å². The molecule has 5 heteroatoms. The van der Waals surface area contributed by atoms with Gasteiger partial charge in [-0.2, -0.15) is 0 Å². The fourth-order valence-electron chi connectivity index (χ4n) is 1.35. The van der Waals surface area contributed by atoms with E-state index in [1.165, 1.54) is 6.92 Å². The van der Waals surface area contributed by atoms with Crippen LogP contribution in [0, 0.1) is 17.6 Å². The van der Waals surface area contributed by atoms with Crippen molar-refractivity contribution < 1.29 is 23.5 Å². The van der Waals surface area contributed by atoms with E-state index in [1.807, 2.05) is 0 Å². The summed E-state index contributed by atoms with van der Waals surface area (Å²) in [7, 11) is 0. The van der Waals surface area contributed by atoms with Gasteiger partial charge in [-0.1, -0.05) is 6.92 Å². The van der Waals surface area contributed by atoms with Gasteiger partial charge in [0.25, 0.3) is 0 Å². The molecule has 0 fully saturated rings. The van der Waals surface area contributed by atoms with Crippen LogP contribution < -0.4 is 0 Å². The largest absolute Gasteiger partial charge is 0.481 e. The third-order valence-corrected chi connectivity index (χ3v) is 2.22. The standard InChI is InChI=1S/C11H10F2O3/c1-2-7(11(15)16)10(14)8-5-6(12)3-4-9(8)13/h3-5,7H,2H2,1H3,(H,15,16). The van der Waals surface area contributed by atoms with Crippen LogP contribution in [-0.4, -0.2) is 16.9 Å². The van der Waals surface area contributed by atoms with Gasteiger partial charge in [-0.15, -0.1) is 0 Å². The lowest BCUT2D eigenvalue weighted by atomic mass is 9.95. The summed E-state index contributed by atoms with van der Waals surface area (Å²) in [4.78, 5) is 22.3. The van der Waals surface area contributed by atoms with Crippen LogP contribution in [0.15, 0.2) is 18.2 Å². The quantitative estimate of drug-likeness (QED) is 0.635. The summed E-state index contributed by atoms with van der Waals surface area (Å²) in [5.41, 5.74) is -0.519. The van der Waals surface area contributed by atoms with Crippen molar-refractivity contribution in [1.82, 2.24) is 0 Å². The van der Waals surface area contributed by atoms with Crippen molar-refractivity contribution in [1.29, 1.82) is 0 Å². The summed E-state index contributed by atoms with van der Waals surface area (Å²) in [6.45, 7) is 1.49. The van der Waals surface area contributed by atoms with Crippen molar-refractivity contribution in [2.45, 2.75) is 13.3 Å². The Morgan fingerprint density at radius 3 is 2.50 bits per heavy atom. The number of Topliss-reactive ketones (excluding diaryl/α,β-unsaturated/α-hetero) is 1. The first-order valence-electron chi connectivity index (χ1n) is 4.69. The summed E-state index contributed by atoms with van der Waals surface area (Å²) in [6.07, 6.45) is 0.0319. The molecule has 3 nitrogen and oxygen atoms in total. The van der Waals surface area contributed by atoms with Crippen LogP contribution in [0.1, 0.15) is 23.7 Å². The molecule has 0 aliphatic carbocycles. The highest BCUT2D eigenvalue weighted by Gasteiger charge is 2.27. The number of benzene rings is 1. The topological polar surface area (TPSA) is 54.4 Å². The highest BCUT2D eigenvalue weighted by Crippen LogP contribution is 2.17. The lowest BCUT2D eigenvalue weighted by Gasteiger charge is -2.09. The number of hydrogen-bond acceptors (Lipinski definition) is 2. The molecular weight excluding hydrogens is 218 g/mol. The molecule has 0 amide bonds. The van der Waals surface area contributed by atoms with Gasteiger partial charge in [0, 0.05) is 0 Å². The molecule has 0 aliphatic rings. The van der Waals surface area contributed by atoms with Gasteiger partial charge in [-0.05, 0) is 24.6 Å². The molecule has 1 N–H and O–H groups in total. The first-order valence-corrected chi connectivity index (χ1v) is 4.69. The van der Waals surface area contributed by atoms with Crippen LogP contribution in [0.4, 0.5) is 8.78 Å². The SMILES string of the molecule is CCC(C(=O)O)C(=O)c1cc(F)ccc1F. The summed E-state index contributed by atoms with van der Waals surface area (Å²) in [5, 5.41) is 8.73. The summed E-state index contributed by atoms with van der Waals surface area (Å²) >= 11 is 0. The first kappa shape index (κ1) is 12.3. The predicted molar refractivity (Wildman–Crippen MR) is 52.1 cm³/mol. The minimum Gasteiger partial charge on any atom is -0.481 e. The lowest BCUT2D eigenvalue weighted by Crippen LogP contribution is -2.24. The van der Waals surface area contributed by atoms with Crippen LogP contribution in [0.5, 0.6) is 0 Å². The number of rotatable bonds is 4. The molecule has 0 spiro atoms. The Bertz CT molecular complexity index is 429. The first-order chi connectivity index (χ1) is 7.47. The van der Waals surface area contributed by atoms with Crippen molar-refractivity contribution in [2.24, 2.45) is 5.92 Å². The van der Waals surface area contributed by atoms with Crippen LogP contribution in [0.25, 0.3) is 0 Å². The number of hydrogen-bond donors (Lipinski definition) is 1. The summed E-state index contributed by atoms with van der Waals surface area (Å²) in [6, 6.07) is 2.38. The van der Waals surface area contributed by atoms with Crippen LogP contribution >= 0.6 is 0 Å². The van der Waals surface area contributed by atoms with E-state index in [1.54, 1.807) is 0 Å². The number of aliphatic carboxylic acids is 1. The van der Waals surface area contributed by atoms with E-state index in [-0.39, 0.29) is 6.42 Å². The zero-order valence-electron chi connectivity index (χ0n) is 8.54. The minimum atomic E-state index is -1.34. The highest BCUT2D eigenvalue weighted by molar-refractivity contribution is 6.08. The molecule has 1 aromatic rings. The minimum absolute atomic E-state index is 0.0319. The second-order valence-corrected chi connectivity index (χ2v) is 3.29. The third kappa shape index (κ3) is 2.42. The number of carboxylic acid groups (broad SMARTS) is 1. The van der Waals surface area contributed by atoms with Gasteiger partial charge in [0.2, 0.25) is 0 Å². The maximum absolute atomic E-state index is 13.2. The van der Waals surface area contributed by atoms with Crippen molar-refractivity contribution in [2.75, 3.05) is 0 Å². The second-order valence-electron chi connectivity index (χ2n) is 3.29. The molecular formula is C11H10F2O3. The maximum atomic E-state index is 13.2. The number of halogens is 2. The molecule has 0 bridgehead atoms. The van der Waals surface area contributed by atoms with Crippen molar-refractivity contribution in [3.8, 4) is 0 Å². The molecule has 0 aliphatic heterocycles. The van der Waals surface area contributed by atoms with E-state index in [4.69, 9.17) is 5.11 Å². The van der Waals surface area contributed by atoms with Crippen LogP contribution in [0.3, 0.4) is 0 Å². The average molecular weight is 228 g/mol. The lowest BCUT2D eigenvalue weighted by molar-refractivity contribution is -0.140. The van der Waals surface area contributed by atoms with E-state index >= 15 is 0 Å². The Morgan fingerprint density at radius 1 is 1.38 bits per heavy atom. The predicted octanol–water partition coefficient (Wildman–Crippen LogP) is 2.26. The number of carbonyl (C=O) groups excluding carboxylic acids is 1. The smallest absolute Gasteiger partial charge is 0.314 e. The molecule has 1 unspecified atom stereocenters. The van der Waals surface area contributed by atoms with Gasteiger partial charge in [0.1, 0.15) is 17.6 Å². The maximum Gasteiger partial charge on any atom is 0.314 e. The van der Waals surface area contributed by atoms with Gasteiger partial charge < -0.3 is 5.11 Å². The van der Waals surface area contributed by atoms with E-state index in [0.717, 1.165) is 12.1 Å². The molecule has 0 radical (unpaired) electrons. The van der Waals surface area contributed by atoms with Gasteiger partial charge in [0.15, 0.2) is 5.78 Å². The molecule has 1 rings (SSSR count). The van der Waals surface area contributed by atoms with E-state index in [2.05, 4.69) is 0 Å². The monoisotopic (exact) mass is 228 g/mol. The third-order valence-electron chi connectivity index (χ3n) is 2.22. The van der Waals surface area contributed by atoms with Crippen molar-refractivity contribution in [3.05, 3.63) is 35.4 Å². The Kier molecular flexibility index (Phi) is 3.71. The Labute approximate surface area is 90.7 Å². The Morgan fingerprint density at radius 2 is 2.00 bits per heavy atom. The van der Waals surface area contributed by atoms with E-state index < -0.39 is 34.9 Å². The fraction of sp³-hybridized carbons (Fsp3) is 0.273. The van der Waals surface area contributed by atoms with Gasteiger partial charge in [0.05, 0.1) is 5.56 Å². The Balaban J connectivity index is 3.12. The molecule has 0 saturated carbocycles. The number of carboxylic acids is 1. The molecule has 16 heavy (non-hydrogen) atoms. The highest BCUT2D eigenvalue weighted by atomic mass is 19.1. The number of ketones is 1. The van der Waals surface area contributed by atoms with E-state index in [0.29, 0.717) is 6.07 Å². The number of carbonyl (C=O) groups is 2. The zero-order chi connectivity index (χ0) is 12.3.